The maximum atomic E-state index is 14.0. The van der Waals surface area contributed by atoms with Crippen molar-refractivity contribution in [1.82, 2.24) is 0 Å². The monoisotopic (exact) mass is 451 g/mol. The molecule has 0 spiro atoms. The number of rotatable bonds is 6. The molecule has 16 heteroatoms. The Morgan fingerprint density at radius 1 is 0.667 bits per heavy atom. The van der Waals surface area contributed by atoms with Crippen LogP contribution in [0.25, 0.3) is 0 Å². The lowest BCUT2D eigenvalue weighted by Gasteiger charge is -2.40. The number of halogens is 14. The van der Waals surface area contributed by atoms with Gasteiger partial charge in [-0.3, -0.25) is 0 Å². The van der Waals surface area contributed by atoms with Crippen LogP contribution in [0.1, 0.15) is 12.8 Å². The van der Waals surface area contributed by atoms with E-state index in [0.29, 0.717) is 0 Å². The van der Waals surface area contributed by atoms with Crippen LogP contribution in [0.4, 0.5) is 61.5 Å². The van der Waals surface area contributed by atoms with Gasteiger partial charge in [0.1, 0.15) is 5.40 Å². The fourth-order valence-electron chi connectivity index (χ4n) is 2.04. The Bertz CT molecular complexity index is 508. The van der Waals surface area contributed by atoms with Crippen LogP contribution in [0.5, 0.6) is 0 Å². The summed E-state index contributed by atoms with van der Waals surface area (Å²) >= 11 is -0.166. The van der Waals surface area contributed by atoms with Gasteiger partial charge in [-0.05, 0) is 18.2 Å². The molecule has 0 aliphatic carbocycles. The highest BCUT2D eigenvalue weighted by Crippen LogP contribution is 2.58. The van der Waals surface area contributed by atoms with E-state index in [4.69, 9.17) is 5.26 Å². The number of nitriles is 1. The van der Waals surface area contributed by atoms with Crippen molar-refractivity contribution >= 4 is 11.8 Å². The first-order chi connectivity index (χ1) is 11.7. The van der Waals surface area contributed by atoms with E-state index in [1.54, 1.807) is 0 Å². The first kappa shape index (κ1) is 25.9. The predicted octanol–water partition coefficient (Wildman–Crippen LogP) is 6.26. The minimum atomic E-state index is -7.01. The molecule has 0 aliphatic heterocycles. The van der Waals surface area contributed by atoms with Gasteiger partial charge in [0.05, 0.1) is 0 Å². The maximum absolute atomic E-state index is 14.0. The molecule has 1 atom stereocenters. The van der Waals surface area contributed by atoms with Crippen molar-refractivity contribution in [3.05, 3.63) is 0 Å². The van der Waals surface area contributed by atoms with Crippen LogP contribution < -0.4 is 0 Å². The van der Waals surface area contributed by atoms with Gasteiger partial charge >= 0.3 is 30.4 Å². The SMILES string of the molecule is N#CSCCC(CC(F)(C(F)(F)F)C(F)(F)F)C(F)(C(F)(F)F)C(F)(F)F. The van der Waals surface area contributed by atoms with Gasteiger partial charge in [0, 0.05) is 18.1 Å². The molecular weight excluding hydrogens is 444 g/mol. The van der Waals surface area contributed by atoms with Crippen LogP contribution in [0, 0.1) is 16.6 Å². The van der Waals surface area contributed by atoms with Gasteiger partial charge in [0.25, 0.3) is 5.67 Å². The molecular formula is C11H7F14NS. The average molecular weight is 451 g/mol. The molecule has 0 saturated heterocycles. The largest absolute Gasteiger partial charge is 0.431 e. The number of thiocyanates is 1. The van der Waals surface area contributed by atoms with Crippen LogP contribution in [0.3, 0.4) is 0 Å². The van der Waals surface area contributed by atoms with Crippen molar-refractivity contribution < 1.29 is 61.5 Å². The quantitative estimate of drug-likeness (QED) is 0.270. The Hall–Kier alpha value is -1.14. The Kier molecular flexibility index (Phi) is 7.38. The smallest absolute Gasteiger partial charge is 0.224 e. The fourth-order valence-corrected chi connectivity index (χ4v) is 2.54. The van der Waals surface area contributed by atoms with Gasteiger partial charge in [-0.15, -0.1) is 0 Å². The number of hydrogen-bond donors (Lipinski definition) is 0. The first-order valence-electron chi connectivity index (χ1n) is 6.32. The topological polar surface area (TPSA) is 23.8 Å². The molecule has 160 valence electrons. The lowest BCUT2D eigenvalue weighted by molar-refractivity contribution is -0.379. The molecule has 0 aromatic heterocycles. The van der Waals surface area contributed by atoms with Crippen molar-refractivity contribution in [1.29, 1.82) is 5.26 Å². The van der Waals surface area contributed by atoms with E-state index < -0.39 is 60.6 Å². The molecule has 0 heterocycles. The maximum Gasteiger partial charge on any atom is 0.431 e. The third kappa shape index (κ3) is 5.02. The number of hydrogen-bond acceptors (Lipinski definition) is 2. The minimum Gasteiger partial charge on any atom is -0.224 e. The van der Waals surface area contributed by atoms with E-state index in [0.717, 1.165) is 5.40 Å². The van der Waals surface area contributed by atoms with Crippen molar-refractivity contribution in [2.75, 3.05) is 5.75 Å². The zero-order valence-electron chi connectivity index (χ0n) is 12.3. The second-order valence-electron chi connectivity index (χ2n) is 5.13. The summed E-state index contributed by atoms with van der Waals surface area (Å²) in [4.78, 5) is 0. The molecule has 0 aliphatic rings. The van der Waals surface area contributed by atoms with Crippen molar-refractivity contribution in [2.24, 2.45) is 5.92 Å². The zero-order valence-corrected chi connectivity index (χ0v) is 13.2. The molecule has 1 unspecified atom stereocenters. The average Bonchev–Trinajstić information content (AvgIpc) is 2.40. The summed E-state index contributed by atoms with van der Waals surface area (Å²) in [6, 6.07) is 0. The van der Waals surface area contributed by atoms with E-state index >= 15 is 0 Å². The van der Waals surface area contributed by atoms with Crippen molar-refractivity contribution in [2.45, 2.75) is 48.9 Å². The molecule has 0 aromatic carbocycles. The lowest BCUT2D eigenvalue weighted by atomic mass is 9.77. The normalized spacial score (nSPS) is 16.2. The molecule has 0 fully saturated rings. The Morgan fingerprint density at radius 2 is 1.04 bits per heavy atom. The minimum absolute atomic E-state index is 0.166. The summed E-state index contributed by atoms with van der Waals surface area (Å²) in [6.07, 6.45) is -33.5. The van der Waals surface area contributed by atoms with E-state index in [2.05, 4.69) is 0 Å². The van der Waals surface area contributed by atoms with Gasteiger partial charge in [0.2, 0.25) is 0 Å². The molecule has 0 bridgehead atoms. The highest BCUT2D eigenvalue weighted by Gasteiger charge is 2.80. The fraction of sp³-hybridized carbons (Fsp3) is 0.909. The number of alkyl halides is 14. The summed E-state index contributed by atoms with van der Waals surface area (Å²) in [5, 5.41) is 9.20. The molecule has 0 aromatic rings. The van der Waals surface area contributed by atoms with Crippen LogP contribution in [0.15, 0.2) is 0 Å². The van der Waals surface area contributed by atoms with Gasteiger partial charge in [-0.2, -0.15) is 57.9 Å². The summed E-state index contributed by atoms with van der Waals surface area (Å²) in [5.41, 5.74) is -13.1. The molecule has 0 saturated carbocycles. The van der Waals surface area contributed by atoms with Crippen LogP contribution >= 0.6 is 11.8 Å². The van der Waals surface area contributed by atoms with E-state index in [9.17, 15) is 61.5 Å². The van der Waals surface area contributed by atoms with Crippen molar-refractivity contribution in [3.63, 3.8) is 0 Å². The second kappa shape index (κ2) is 7.70. The third-order valence-electron chi connectivity index (χ3n) is 3.45. The summed E-state index contributed by atoms with van der Waals surface area (Å²) in [5.74, 6) is -5.39. The summed E-state index contributed by atoms with van der Waals surface area (Å²) in [6.45, 7) is 0. The van der Waals surface area contributed by atoms with Gasteiger partial charge in [0.15, 0.2) is 0 Å². The number of thioether (sulfide) groups is 1. The van der Waals surface area contributed by atoms with Crippen LogP contribution in [-0.4, -0.2) is 41.8 Å². The molecule has 1 nitrogen and oxygen atoms in total. The highest BCUT2D eigenvalue weighted by atomic mass is 32.2. The third-order valence-corrected chi connectivity index (χ3v) is 4.02. The van der Waals surface area contributed by atoms with Crippen LogP contribution in [-0.2, 0) is 0 Å². The van der Waals surface area contributed by atoms with Crippen LogP contribution in [0.2, 0.25) is 0 Å². The van der Waals surface area contributed by atoms with E-state index in [1.807, 2.05) is 0 Å². The zero-order chi connectivity index (χ0) is 22.1. The van der Waals surface area contributed by atoms with E-state index in [1.165, 1.54) is 0 Å². The summed E-state index contributed by atoms with van der Waals surface area (Å²) in [7, 11) is 0. The highest BCUT2D eigenvalue weighted by molar-refractivity contribution is 8.03. The predicted molar refractivity (Wildman–Crippen MR) is 62.7 cm³/mol. The molecule has 27 heavy (non-hydrogen) atoms. The Morgan fingerprint density at radius 3 is 1.30 bits per heavy atom. The summed E-state index contributed by atoms with van der Waals surface area (Å²) < 4.78 is 179. The molecule has 0 N–H and O–H groups in total. The molecule has 0 amide bonds. The van der Waals surface area contributed by atoms with Gasteiger partial charge in [-0.1, -0.05) is 0 Å². The van der Waals surface area contributed by atoms with Gasteiger partial charge in [-0.25, -0.2) is 8.78 Å². The standard InChI is InChI=1S/C11H7F14NS/c12-6(8(14,15)16,9(17,18)19)3-5(1-2-27-4-26)7(13,10(20,21)22)11(23,24)25/h5H,1-3H2. The Labute approximate surface area is 145 Å². The van der Waals surface area contributed by atoms with E-state index in [-0.39, 0.29) is 11.8 Å². The lowest BCUT2D eigenvalue weighted by Crippen LogP contribution is -2.62. The molecule has 0 rings (SSSR count). The Balaban J connectivity index is 6.45. The first-order valence-corrected chi connectivity index (χ1v) is 7.31. The molecule has 0 radical (unpaired) electrons. The second-order valence-corrected chi connectivity index (χ2v) is 6.01. The number of nitrogens with zero attached hydrogens (tertiary/aromatic N) is 1. The van der Waals surface area contributed by atoms with Gasteiger partial charge < -0.3 is 0 Å². The van der Waals surface area contributed by atoms with Crippen molar-refractivity contribution in [3.8, 4) is 5.40 Å².